The fourth-order valence-corrected chi connectivity index (χ4v) is 3.78. The number of aromatic nitrogens is 1. The molecule has 104 valence electrons. The van der Waals surface area contributed by atoms with Gasteiger partial charge in [-0.3, -0.25) is 0 Å². The highest BCUT2D eigenvalue weighted by Gasteiger charge is 2.33. The minimum Gasteiger partial charge on any atom is -0.353 e. The Morgan fingerprint density at radius 1 is 1.26 bits per heavy atom. The Labute approximate surface area is 116 Å². The van der Waals surface area contributed by atoms with Gasteiger partial charge in [0.1, 0.15) is 5.82 Å². The molecule has 0 radical (unpaired) electrons. The molecular formula is C16H25N3. The van der Waals surface area contributed by atoms with Crippen molar-refractivity contribution in [3.8, 4) is 0 Å². The third-order valence-electron chi connectivity index (χ3n) is 4.83. The lowest BCUT2D eigenvalue weighted by atomic mass is 9.96. The van der Waals surface area contributed by atoms with Crippen molar-refractivity contribution in [3.05, 3.63) is 23.9 Å². The molecule has 0 bridgehead atoms. The van der Waals surface area contributed by atoms with Crippen molar-refractivity contribution in [1.29, 1.82) is 0 Å². The van der Waals surface area contributed by atoms with Crippen molar-refractivity contribution in [1.82, 2.24) is 4.98 Å². The highest BCUT2D eigenvalue weighted by Crippen LogP contribution is 2.37. The van der Waals surface area contributed by atoms with Crippen molar-refractivity contribution in [2.75, 3.05) is 11.4 Å². The molecule has 3 heteroatoms. The summed E-state index contributed by atoms with van der Waals surface area (Å²) in [7, 11) is 0. The molecule has 2 aliphatic rings. The molecule has 1 aromatic heterocycles. The van der Waals surface area contributed by atoms with Gasteiger partial charge in [0.25, 0.3) is 0 Å². The van der Waals surface area contributed by atoms with E-state index in [-0.39, 0.29) is 6.04 Å². The first-order chi connectivity index (χ1) is 9.25. The lowest BCUT2D eigenvalue weighted by Gasteiger charge is -2.30. The average molecular weight is 259 g/mol. The maximum atomic E-state index is 5.99. The average Bonchev–Trinajstić information content (AvgIpc) is 3.09. The Balaban J connectivity index is 1.81. The summed E-state index contributed by atoms with van der Waals surface area (Å²) in [5, 5.41) is 0. The summed E-state index contributed by atoms with van der Waals surface area (Å²) in [5.74, 6) is 2.03. The molecule has 1 aliphatic heterocycles. The molecule has 2 atom stereocenters. The summed E-state index contributed by atoms with van der Waals surface area (Å²) < 4.78 is 0. The maximum Gasteiger partial charge on any atom is 0.129 e. The Kier molecular flexibility index (Phi) is 3.74. The third-order valence-corrected chi connectivity index (χ3v) is 4.83. The lowest BCUT2D eigenvalue weighted by molar-refractivity contribution is 0.429. The van der Waals surface area contributed by atoms with E-state index < -0.39 is 0 Å². The smallest absolute Gasteiger partial charge is 0.129 e. The lowest BCUT2D eigenvalue weighted by Crippen LogP contribution is -2.35. The zero-order chi connectivity index (χ0) is 13.2. The number of pyridine rings is 1. The second kappa shape index (κ2) is 5.49. The fourth-order valence-electron chi connectivity index (χ4n) is 3.78. The van der Waals surface area contributed by atoms with E-state index in [1.165, 1.54) is 44.1 Å². The molecule has 19 heavy (non-hydrogen) atoms. The first-order valence-corrected chi connectivity index (χ1v) is 7.74. The van der Waals surface area contributed by atoms with Gasteiger partial charge in [-0.1, -0.05) is 12.8 Å². The minimum atomic E-state index is 0.0919. The van der Waals surface area contributed by atoms with Gasteiger partial charge < -0.3 is 10.6 Å². The van der Waals surface area contributed by atoms with E-state index in [0.29, 0.717) is 0 Å². The van der Waals surface area contributed by atoms with E-state index in [1.54, 1.807) is 0 Å². The van der Waals surface area contributed by atoms with Crippen LogP contribution in [-0.4, -0.2) is 17.6 Å². The molecule has 1 saturated carbocycles. The summed E-state index contributed by atoms with van der Waals surface area (Å²) >= 11 is 0. The van der Waals surface area contributed by atoms with Crippen LogP contribution in [0.3, 0.4) is 0 Å². The number of rotatable bonds is 3. The highest BCUT2D eigenvalue weighted by molar-refractivity contribution is 5.44. The number of hydrogen-bond acceptors (Lipinski definition) is 3. The first-order valence-electron chi connectivity index (χ1n) is 7.74. The number of nitrogens with zero attached hydrogens (tertiary/aromatic N) is 2. The van der Waals surface area contributed by atoms with Crippen LogP contribution in [0, 0.1) is 5.92 Å². The first kappa shape index (κ1) is 12.9. The van der Waals surface area contributed by atoms with Gasteiger partial charge in [-0.15, -0.1) is 0 Å². The number of anilines is 1. The zero-order valence-corrected chi connectivity index (χ0v) is 11.9. The van der Waals surface area contributed by atoms with Crippen LogP contribution in [0.2, 0.25) is 0 Å². The van der Waals surface area contributed by atoms with E-state index >= 15 is 0 Å². The van der Waals surface area contributed by atoms with Gasteiger partial charge >= 0.3 is 0 Å². The topological polar surface area (TPSA) is 42.1 Å². The summed E-state index contributed by atoms with van der Waals surface area (Å²) in [4.78, 5) is 7.14. The van der Waals surface area contributed by atoms with E-state index in [0.717, 1.165) is 24.3 Å². The third kappa shape index (κ3) is 2.62. The summed E-state index contributed by atoms with van der Waals surface area (Å²) in [6.07, 6.45) is 10.2. The van der Waals surface area contributed by atoms with Crippen molar-refractivity contribution in [2.45, 2.75) is 57.5 Å². The molecule has 3 rings (SSSR count). The SMILES string of the molecule is C[C@@H](N)c1ccnc(N2CCCC2C2CCCC2)c1. The van der Waals surface area contributed by atoms with Gasteiger partial charge in [0.15, 0.2) is 0 Å². The van der Waals surface area contributed by atoms with Crippen LogP contribution >= 0.6 is 0 Å². The van der Waals surface area contributed by atoms with Crippen LogP contribution in [0.4, 0.5) is 5.82 Å². The van der Waals surface area contributed by atoms with Crippen molar-refractivity contribution >= 4 is 5.82 Å². The molecule has 1 aliphatic carbocycles. The van der Waals surface area contributed by atoms with Gasteiger partial charge in [0.05, 0.1) is 0 Å². The van der Waals surface area contributed by atoms with Crippen LogP contribution in [0.5, 0.6) is 0 Å². The largest absolute Gasteiger partial charge is 0.353 e. The van der Waals surface area contributed by atoms with Crippen LogP contribution in [0.1, 0.15) is 57.1 Å². The second-order valence-electron chi connectivity index (χ2n) is 6.18. The van der Waals surface area contributed by atoms with Gasteiger partial charge in [0.2, 0.25) is 0 Å². The molecule has 2 heterocycles. The van der Waals surface area contributed by atoms with Crippen molar-refractivity contribution in [3.63, 3.8) is 0 Å². The number of hydrogen-bond donors (Lipinski definition) is 1. The molecule has 0 amide bonds. The predicted octanol–water partition coefficient (Wildman–Crippen LogP) is 3.26. The summed E-state index contributed by atoms with van der Waals surface area (Å²) in [6, 6.07) is 5.04. The summed E-state index contributed by atoms with van der Waals surface area (Å²) in [6.45, 7) is 3.20. The second-order valence-corrected chi connectivity index (χ2v) is 6.18. The van der Waals surface area contributed by atoms with Crippen LogP contribution in [0.25, 0.3) is 0 Å². The normalized spacial score (nSPS) is 26.0. The molecular weight excluding hydrogens is 234 g/mol. The Morgan fingerprint density at radius 2 is 2.05 bits per heavy atom. The standard InChI is InChI=1S/C16H25N3/c1-12(17)14-8-9-18-16(11-14)19-10-4-7-15(19)13-5-2-3-6-13/h8-9,11-13,15H,2-7,10,17H2,1H3/t12-,15?/m1/s1. The summed E-state index contributed by atoms with van der Waals surface area (Å²) in [5.41, 5.74) is 7.19. The molecule has 0 aromatic carbocycles. The Morgan fingerprint density at radius 3 is 2.79 bits per heavy atom. The molecule has 1 saturated heterocycles. The van der Waals surface area contributed by atoms with Crippen molar-refractivity contribution < 1.29 is 0 Å². The van der Waals surface area contributed by atoms with E-state index in [2.05, 4.69) is 16.0 Å². The van der Waals surface area contributed by atoms with E-state index in [1.807, 2.05) is 19.2 Å². The van der Waals surface area contributed by atoms with Gasteiger partial charge in [0, 0.05) is 24.8 Å². The Hall–Kier alpha value is -1.09. The molecule has 2 N–H and O–H groups in total. The molecule has 1 unspecified atom stereocenters. The molecule has 0 spiro atoms. The predicted molar refractivity (Wildman–Crippen MR) is 79.2 cm³/mol. The van der Waals surface area contributed by atoms with Gasteiger partial charge in [-0.25, -0.2) is 4.98 Å². The minimum absolute atomic E-state index is 0.0919. The van der Waals surface area contributed by atoms with Gasteiger partial charge in [-0.05, 0) is 56.2 Å². The van der Waals surface area contributed by atoms with Crippen LogP contribution in [-0.2, 0) is 0 Å². The van der Waals surface area contributed by atoms with Crippen molar-refractivity contribution in [2.24, 2.45) is 11.7 Å². The number of nitrogens with two attached hydrogens (primary N) is 1. The Bertz CT molecular complexity index is 424. The van der Waals surface area contributed by atoms with Crippen LogP contribution < -0.4 is 10.6 Å². The quantitative estimate of drug-likeness (QED) is 0.906. The molecule has 1 aromatic rings. The highest BCUT2D eigenvalue weighted by atomic mass is 15.2. The molecule has 2 fully saturated rings. The van der Waals surface area contributed by atoms with Crippen LogP contribution in [0.15, 0.2) is 18.3 Å². The van der Waals surface area contributed by atoms with E-state index in [4.69, 9.17) is 5.73 Å². The molecule has 3 nitrogen and oxygen atoms in total. The monoisotopic (exact) mass is 259 g/mol. The van der Waals surface area contributed by atoms with E-state index in [9.17, 15) is 0 Å². The van der Waals surface area contributed by atoms with Gasteiger partial charge in [-0.2, -0.15) is 0 Å². The fraction of sp³-hybridized carbons (Fsp3) is 0.688. The zero-order valence-electron chi connectivity index (χ0n) is 11.9. The maximum absolute atomic E-state index is 5.99.